The molecule has 2 saturated carbocycles. The normalized spacial score (nSPS) is 50.0. The molecule has 0 aromatic carbocycles. The number of fused-ring (bicyclic) bond motifs is 2. The molecule has 2 fully saturated rings. The third-order valence-corrected chi connectivity index (χ3v) is 4.56. The standard InChI is InChI=1S/C10H20N2/c1-9(2)7-3-4-10(5-7,6-11)8(9)12/h7-8H,3-6,11-12H2,1-2H3. The van der Waals surface area contributed by atoms with E-state index in [2.05, 4.69) is 13.8 Å². The molecule has 3 unspecified atom stereocenters. The molecular formula is C10H20N2. The van der Waals surface area contributed by atoms with Gasteiger partial charge in [0.15, 0.2) is 0 Å². The van der Waals surface area contributed by atoms with Gasteiger partial charge in [0.25, 0.3) is 0 Å². The van der Waals surface area contributed by atoms with Crippen molar-refractivity contribution in [2.45, 2.75) is 39.2 Å². The zero-order valence-corrected chi connectivity index (χ0v) is 8.14. The molecule has 2 heteroatoms. The van der Waals surface area contributed by atoms with Gasteiger partial charge >= 0.3 is 0 Å². The molecule has 4 N–H and O–H groups in total. The highest BCUT2D eigenvalue weighted by Crippen LogP contribution is 2.61. The molecule has 0 saturated heterocycles. The minimum Gasteiger partial charge on any atom is -0.330 e. The van der Waals surface area contributed by atoms with Gasteiger partial charge in [-0.05, 0) is 42.6 Å². The van der Waals surface area contributed by atoms with Crippen LogP contribution in [0.25, 0.3) is 0 Å². The Morgan fingerprint density at radius 3 is 2.42 bits per heavy atom. The first kappa shape index (κ1) is 8.52. The lowest BCUT2D eigenvalue weighted by molar-refractivity contribution is 0.134. The summed E-state index contributed by atoms with van der Waals surface area (Å²) in [5, 5.41) is 0. The molecule has 0 aromatic heterocycles. The summed E-state index contributed by atoms with van der Waals surface area (Å²) in [4.78, 5) is 0. The zero-order chi connectivity index (χ0) is 8.98. The van der Waals surface area contributed by atoms with Crippen molar-refractivity contribution in [2.24, 2.45) is 28.2 Å². The first-order valence-corrected chi connectivity index (χ1v) is 4.98. The maximum absolute atomic E-state index is 6.26. The van der Waals surface area contributed by atoms with Crippen LogP contribution >= 0.6 is 0 Å². The summed E-state index contributed by atoms with van der Waals surface area (Å²) in [5.74, 6) is 0.830. The van der Waals surface area contributed by atoms with E-state index in [1.165, 1.54) is 19.3 Å². The van der Waals surface area contributed by atoms with Crippen LogP contribution in [0.4, 0.5) is 0 Å². The molecule has 0 amide bonds. The minimum atomic E-state index is 0.300. The largest absolute Gasteiger partial charge is 0.330 e. The van der Waals surface area contributed by atoms with Crippen molar-refractivity contribution >= 4 is 0 Å². The van der Waals surface area contributed by atoms with Gasteiger partial charge in [-0.15, -0.1) is 0 Å². The Balaban J connectivity index is 2.32. The summed E-state index contributed by atoms with van der Waals surface area (Å²) in [6.07, 6.45) is 3.88. The number of nitrogens with two attached hydrogens (primary N) is 2. The predicted molar refractivity (Wildman–Crippen MR) is 50.6 cm³/mol. The maximum atomic E-state index is 6.26. The number of hydrogen-bond donors (Lipinski definition) is 2. The Morgan fingerprint density at radius 2 is 2.08 bits per heavy atom. The molecule has 0 radical (unpaired) electrons. The molecule has 0 spiro atoms. The highest BCUT2D eigenvalue weighted by Gasteiger charge is 2.59. The molecular weight excluding hydrogens is 148 g/mol. The van der Waals surface area contributed by atoms with Crippen molar-refractivity contribution in [2.75, 3.05) is 6.54 Å². The minimum absolute atomic E-state index is 0.300. The average molecular weight is 168 g/mol. The van der Waals surface area contributed by atoms with Crippen molar-refractivity contribution in [1.29, 1.82) is 0 Å². The van der Waals surface area contributed by atoms with Gasteiger partial charge in [-0.2, -0.15) is 0 Å². The Labute approximate surface area is 74.7 Å². The number of rotatable bonds is 1. The fourth-order valence-corrected chi connectivity index (χ4v) is 3.43. The lowest BCUT2D eigenvalue weighted by Crippen LogP contribution is -2.51. The van der Waals surface area contributed by atoms with Crippen LogP contribution in [-0.2, 0) is 0 Å². The fraction of sp³-hybridized carbons (Fsp3) is 1.00. The van der Waals surface area contributed by atoms with E-state index in [4.69, 9.17) is 11.5 Å². The van der Waals surface area contributed by atoms with E-state index in [0.29, 0.717) is 16.9 Å². The van der Waals surface area contributed by atoms with Crippen LogP contribution in [0.3, 0.4) is 0 Å². The summed E-state index contributed by atoms with van der Waals surface area (Å²) in [5.41, 5.74) is 12.7. The topological polar surface area (TPSA) is 52.0 Å². The van der Waals surface area contributed by atoms with Crippen LogP contribution < -0.4 is 11.5 Å². The predicted octanol–water partition coefficient (Wildman–Crippen LogP) is 1.10. The van der Waals surface area contributed by atoms with E-state index in [-0.39, 0.29) is 0 Å². The Kier molecular flexibility index (Phi) is 1.59. The van der Waals surface area contributed by atoms with Gasteiger partial charge in [-0.3, -0.25) is 0 Å². The average Bonchev–Trinajstić information content (AvgIpc) is 2.53. The smallest absolute Gasteiger partial charge is 0.0162 e. The molecule has 2 bridgehead atoms. The third-order valence-electron chi connectivity index (χ3n) is 4.56. The maximum Gasteiger partial charge on any atom is 0.0162 e. The molecule has 12 heavy (non-hydrogen) atoms. The SMILES string of the molecule is CC1(C)C2CCC(CN)(C2)C1N. The zero-order valence-electron chi connectivity index (χ0n) is 8.14. The van der Waals surface area contributed by atoms with Crippen LogP contribution in [0.5, 0.6) is 0 Å². The van der Waals surface area contributed by atoms with Gasteiger partial charge in [0.1, 0.15) is 0 Å². The van der Waals surface area contributed by atoms with Crippen LogP contribution in [0.1, 0.15) is 33.1 Å². The molecule has 2 aliphatic carbocycles. The van der Waals surface area contributed by atoms with Crippen molar-refractivity contribution in [3.8, 4) is 0 Å². The van der Waals surface area contributed by atoms with Gasteiger partial charge < -0.3 is 11.5 Å². The first-order valence-electron chi connectivity index (χ1n) is 4.98. The van der Waals surface area contributed by atoms with Crippen LogP contribution in [-0.4, -0.2) is 12.6 Å². The van der Waals surface area contributed by atoms with Crippen LogP contribution in [0.15, 0.2) is 0 Å². The Bertz CT molecular complexity index is 200. The lowest BCUT2D eigenvalue weighted by atomic mass is 9.68. The highest BCUT2D eigenvalue weighted by molar-refractivity contribution is 5.12. The monoisotopic (exact) mass is 168 g/mol. The second-order valence-electron chi connectivity index (χ2n) is 5.31. The van der Waals surface area contributed by atoms with E-state index in [9.17, 15) is 0 Å². The van der Waals surface area contributed by atoms with Gasteiger partial charge in [-0.25, -0.2) is 0 Å². The van der Waals surface area contributed by atoms with Crippen molar-refractivity contribution in [3.63, 3.8) is 0 Å². The third kappa shape index (κ3) is 0.775. The van der Waals surface area contributed by atoms with Gasteiger partial charge in [0.05, 0.1) is 0 Å². The molecule has 2 nitrogen and oxygen atoms in total. The van der Waals surface area contributed by atoms with E-state index in [1.807, 2.05) is 0 Å². The van der Waals surface area contributed by atoms with Crippen molar-refractivity contribution in [3.05, 3.63) is 0 Å². The second-order valence-corrected chi connectivity index (χ2v) is 5.31. The fourth-order valence-electron chi connectivity index (χ4n) is 3.43. The first-order chi connectivity index (χ1) is 5.53. The molecule has 3 atom stereocenters. The van der Waals surface area contributed by atoms with Gasteiger partial charge in [0.2, 0.25) is 0 Å². The molecule has 0 aromatic rings. The van der Waals surface area contributed by atoms with Crippen LogP contribution in [0, 0.1) is 16.7 Å². The summed E-state index contributed by atoms with van der Waals surface area (Å²) < 4.78 is 0. The van der Waals surface area contributed by atoms with Crippen LogP contribution in [0.2, 0.25) is 0 Å². The van der Waals surface area contributed by atoms with E-state index >= 15 is 0 Å². The van der Waals surface area contributed by atoms with E-state index in [0.717, 1.165) is 12.5 Å². The molecule has 0 aliphatic heterocycles. The van der Waals surface area contributed by atoms with E-state index < -0.39 is 0 Å². The molecule has 2 aliphatic rings. The summed E-state index contributed by atoms with van der Waals surface area (Å²) in [7, 11) is 0. The summed E-state index contributed by atoms with van der Waals surface area (Å²) >= 11 is 0. The molecule has 2 rings (SSSR count). The Hall–Kier alpha value is -0.0800. The molecule has 70 valence electrons. The van der Waals surface area contributed by atoms with E-state index in [1.54, 1.807) is 0 Å². The van der Waals surface area contributed by atoms with Crippen molar-refractivity contribution < 1.29 is 0 Å². The lowest BCUT2D eigenvalue weighted by Gasteiger charge is -2.41. The van der Waals surface area contributed by atoms with Gasteiger partial charge in [-0.1, -0.05) is 13.8 Å². The summed E-state index contributed by atoms with van der Waals surface area (Å²) in [6, 6.07) is 0.328. The van der Waals surface area contributed by atoms with Gasteiger partial charge in [0, 0.05) is 6.04 Å². The van der Waals surface area contributed by atoms with Crippen molar-refractivity contribution in [1.82, 2.24) is 0 Å². The quantitative estimate of drug-likeness (QED) is 0.616. The second kappa shape index (κ2) is 2.24. The molecule has 0 heterocycles. The highest BCUT2D eigenvalue weighted by atomic mass is 14.8. The summed E-state index contributed by atoms with van der Waals surface area (Å²) in [6.45, 7) is 5.39. The number of hydrogen-bond acceptors (Lipinski definition) is 2. The Morgan fingerprint density at radius 1 is 1.42 bits per heavy atom.